The Morgan fingerprint density at radius 2 is 1.81 bits per heavy atom. The van der Waals surface area contributed by atoms with Crippen molar-refractivity contribution in [1.29, 1.82) is 0 Å². The van der Waals surface area contributed by atoms with Crippen molar-refractivity contribution < 1.29 is 13.2 Å². The van der Waals surface area contributed by atoms with Gasteiger partial charge in [0.25, 0.3) is 10.0 Å². The van der Waals surface area contributed by atoms with Gasteiger partial charge < -0.3 is 0 Å². The third-order valence-corrected chi connectivity index (χ3v) is 5.95. The Kier molecular flexibility index (Phi) is 3.53. The van der Waals surface area contributed by atoms with Crippen LogP contribution in [0.25, 0.3) is 0 Å². The summed E-state index contributed by atoms with van der Waals surface area (Å²) in [6.07, 6.45) is 1.55. The van der Waals surface area contributed by atoms with Crippen LogP contribution in [0.15, 0.2) is 34.3 Å². The van der Waals surface area contributed by atoms with E-state index in [9.17, 15) is 13.2 Å². The molecule has 0 aliphatic heterocycles. The van der Waals surface area contributed by atoms with Crippen molar-refractivity contribution in [1.82, 2.24) is 4.83 Å². The highest BCUT2D eigenvalue weighted by atomic mass is 35.5. The van der Waals surface area contributed by atoms with E-state index < -0.39 is 10.0 Å². The number of nitrogens with zero attached hydrogens (tertiary/aromatic N) is 1. The number of Topliss-reactive ketones (excluding diaryl/α,β-unsaturated/α-hetero) is 1. The van der Waals surface area contributed by atoms with Gasteiger partial charge in [-0.05, 0) is 31.9 Å². The lowest BCUT2D eigenvalue weighted by atomic mass is 9.97. The van der Waals surface area contributed by atoms with Gasteiger partial charge in [0.15, 0.2) is 5.78 Å². The van der Waals surface area contributed by atoms with Crippen LogP contribution in [0.5, 0.6) is 0 Å². The van der Waals surface area contributed by atoms with Gasteiger partial charge in [-0.25, -0.2) is 0 Å². The van der Waals surface area contributed by atoms with E-state index in [1.165, 1.54) is 12.1 Å². The summed E-state index contributed by atoms with van der Waals surface area (Å²) >= 11 is 6.17. The maximum Gasteiger partial charge on any atom is 0.276 e. The van der Waals surface area contributed by atoms with Gasteiger partial charge in [0, 0.05) is 11.8 Å². The molecule has 3 atom stereocenters. The Labute approximate surface area is 128 Å². The molecule has 1 aromatic rings. The van der Waals surface area contributed by atoms with Crippen LogP contribution < -0.4 is 4.83 Å². The SMILES string of the molecule is Cc1ccc(S(=O)(=O)N/N=C2/C(=O)[C@H]3CC[C@@H]2[C@H]3Cl)cc1. The first-order valence-electron chi connectivity index (χ1n) is 6.74. The van der Waals surface area contributed by atoms with Crippen molar-refractivity contribution in [3.05, 3.63) is 29.8 Å². The summed E-state index contributed by atoms with van der Waals surface area (Å²) in [7, 11) is -3.76. The van der Waals surface area contributed by atoms with Gasteiger partial charge in [0.05, 0.1) is 10.3 Å². The molecule has 2 saturated carbocycles. The molecule has 112 valence electrons. The number of aryl methyl sites for hydroxylation is 1. The predicted octanol–water partition coefficient (Wildman–Crippen LogP) is 1.85. The first kappa shape index (κ1) is 14.5. The minimum Gasteiger partial charge on any atom is -0.292 e. The minimum atomic E-state index is -3.76. The van der Waals surface area contributed by atoms with Crippen molar-refractivity contribution in [3.63, 3.8) is 0 Å². The van der Waals surface area contributed by atoms with Crippen LogP contribution >= 0.6 is 11.6 Å². The Bertz CT molecular complexity index is 712. The Morgan fingerprint density at radius 1 is 1.19 bits per heavy atom. The molecule has 1 N–H and O–H groups in total. The Hall–Kier alpha value is -1.40. The highest BCUT2D eigenvalue weighted by Gasteiger charge is 2.51. The highest BCUT2D eigenvalue weighted by molar-refractivity contribution is 7.89. The van der Waals surface area contributed by atoms with Crippen molar-refractivity contribution >= 4 is 33.1 Å². The molecular weight excluding hydrogens is 312 g/mol. The van der Waals surface area contributed by atoms with Gasteiger partial charge in [-0.15, -0.1) is 11.6 Å². The summed E-state index contributed by atoms with van der Waals surface area (Å²) in [5.41, 5.74) is 1.23. The number of alkyl halides is 1. The van der Waals surface area contributed by atoms with E-state index in [0.29, 0.717) is 0 Å². The molecule has 0 heterocycles. The zero-order valence-corrected chi connectivity index (χ0v) is 13.0. The van der Waals surface area contributed by atoms with Gasteiger partial charge in [0.1, 0.15) is 5.71 Å². The largest absolute Gasteiger partial charge is 0.292 e. The molecule has 0 spiro atoms. The number of rotatable bonds is 3. The summed E-state index contributed by atoms with van der Waals surface area (Å²) in [6.45, 7) is 1.87. The molecule has 0 aromatic heterocycles. The molecule has 7 heteroatoms. The second kappa shape index (κ2) is 5.10. The van der Waals surface area contributed by atoms with Crippen LogP contribution in [0.1, 0.15) is 18.4 Å². The third-order valence-electron chi connectivity index (χ3n) is 4.12. The van der Waals surface area contributed by atoms with E-state index in [0.717, 1.165) is 18.4 Å². The molecule has 2 fully saturated rings. The number of ketones is 1. The lowest BCUT2D eigenvalue weighted by Crippen LogP contribution is -2.27. The fourth-order valence-electron chi connectivity index (χ4n) is 2.91. The van der Waals surface area contributed by atoms with E-state index in [1.54, 1.807) is 12.1 Å². The standard InChI is InChI=1S/C14H15ClN2O3S/c1-8-2-4-9(5-3-8)21(19,20)17-16-13-10-6-7-11(12(10)15)14(13)18/h2-5,10-12,17H,6-7H2,1H3/b16-13+/t10-,11+,12-/m1/s1. The van der Waals surface area contributed by atoms with Crippen molar-refractivity contribution in [3.8, 4) is 0 Å². The number of halogens is 1. The van der Waals surface area contributed by atoms with Gasteiger partial charge in [-0.1, -0.05) is 17.7 Å². The second-order valence-electron chi connectivity index (χ2n) is 5.50. The number of sulfonamides is 1. The van der Waals surface area contributed by atoms with Crippen molar-refractivity contribution in [2.45, 2.75) is 30.0 Å². The van der Waals surface area contributed by atoms with Crippen LogP contribution in [0, 0.1) is 18.8 Å². The minimum absolute atomic E-state index is 0.121. The van der Waals surface area contributed by atoms with E-state index in [2.05, 4.69) is 9.93 Å². The van der Waals surface area contributed by atoms with Gasteiger partial charge in [-0.3, -0.25) is 4.79 Å². The number of carbonyl (C=O) groups is 1. The van der Waals surface area contributed by atoms with Crippen molar-refractivity contribution in [2.75, 3.05) is 0 Å². The average molecular weight is 327 g/mol. The number of hydrazone groups is 1. The smallest absolute Gasteiger partial charge is 0.276 e. The molecule has 5 nitrogen and oxygen atoms in total. The van der Waals surface area contributed by atoms with E-state index >= 15 is 0 Å². The molecule has 3 rings (SSSR count). The zero-order chi connectivity index (χ0) is 15.2. The average Bonchev–Trinajstić information content (AvgIpc) is 2.91. The van der Waals surface area contributed by atoms with E-state index in [-0.39, 0.29) is 33.6 Å². The van der Waals surface area contributed by atoms with Crippen LogP contribution in [0.4, 0.5) is 0 Å². The van der Waals surface area contributed by atoms with Crippen LogP contribution in [0.3, 0.4) is 0 Å². The monoisotopic (exact) mass is 326 g/mol. The molecule has 0 amide bonds. The summed E-state index contributed by atoms with van der Waals surface area (Å²) < 4.78 is 24.3. The third kappa shape index (κ3) is 2.46. The lowest BCUT2D eigenvalue weighted by Gasteiger charge is -2.11. The van der Waals surface area contributed by atoms with Crippen LogP contribution in [0.2, 0.25) is 0 Å². The number of nitrogens with one attached hydrogen (secondary N) is 1. The molecular formula is C14H15ClN2O3S. The molecule has 0 unspecified atom stereocenters. The fraction of sp³-hybridized carbons (Fsp3) is 0.429. The molecule has 0 radical (unpaired) electrons. The predicted molar refractivity (Wildman–Crippen MR) is 79.8 cm³/mol. The van der Waals surface area contributed by atoms with Gasteiger partial charge in [-0.2, -0.15) is 18.4 Å². The maximum absolute atomic E-state index is 12.1. The number of hydrogen-bond donors (Lipinski definition) is 1. The summed E-state index contributed by atoms with van der Waals surface area (Å²) in [5.74, 6) is -0.470. The topological polar surface area (TPSA) is 75.6 Å². The van der Waals surface area contributed by atoms with Gasteiger partial charge >= 0.3 is 0 Å². The summed E-state index contributed by atoms with van der Waals surface area (Å²) in [4.78, 5) is 14.3. The van der Waals surface area contributed by atoms with E-state index in [4.69, 9.17) is 11.6 Å². The summed E-state index contributed by atoms with van der Waals surface area (Å²) in [6, 6.07) is 6.42. The number of hydrogen-bond acceptors (Lipinski definition) is 4. The normalized spacial score (nSPS) is 30.1. The number of fused-ring (bicyclic) bond motifs is 2. The van der Waals surface area contributed by atoms with Crippen LogP contribution in [-0.2, 0) is 14.8 Å². The maximum atomic E-state index is 12.1. The highest BCUT2D eigenvalue weighted by Crippen LogP contribution is 2.43. The molecule has 2 bridgehead atoms. The lowest BCUT2D eigenvalue weighted by molar-refractivity contribution is -0.115. The summed E-state index contributed by atoms with van der Waals surface area (Å²) in [5, 5.41) is 3.60. The zero-order valence-electron chi connectivity index (χ0n) is 11.4. The Morgan fingerprint density at radius 3 is 2.38 bits per heavy atom. The number of carbonyl (C=O) groups excluding carboxylic acids is 1. The quantitative estimate of drug-likeness (QED) is 0.680. The Balaban J connectivity index is 1.82. The molecule has 1 aromatic carbocycles. The first-order chi connectivity index (χ1) is 9.90. The van der Waals surface area contributed by atoms with E-state index in [1.807, 2.05) is 6.92 Å². The molecule has 2 aliphatic carbocycles. The first-order valence-corrected chi connectivity index (χ1v) is 8.66. The molecule has 21 heavy (non-hydrogen) atoms. The number of benzene rings is 1. The van der Waals surface area contributed by atoms with Crippen LogP contribution in [-0.4, -0.2) is 25.3 Å². The molecule has 2 aliphatic rings. The van der Waals surface area contributed by atoms with Gasteiger partial charge in [0.2, 0.25) is 0 Å². The van der Waals surface area contributed by atoms with Crippen molar-refractivity contribution in [2.24, 2.45) is 16.9 Å². The molecule has 0 saturated heterocycles. The fourth-order valence-corrected chi connectivity index (χ4v) is 4.22. The second-order valence-corrected chi connectivity index (χ2v) is 7.67.